The highest BCUT2D eigenvalue weighted by Gasteiger charge is 2.13. The van der Waals surface area contributed by atoms with Gasteiger partial charge in [0.25, 0.3) is 0 Å². The molecule has 0 fully saturated rings. The molecule has 0 spiro atoms. The fraction of sp³-hybridized carbons (Fsp3) is 0.0526. The molecule has 1 N–H and O–H groups in total. The summed E-state index contributed by atoms with van der Waals surface area (Å²) in [5.74, 6) is -0.369. The Hall–Kier alpha value is -3.10. The quantitative estimate of drug-likeness (QED) is 0.544. The summed E-state index contributed by atoms with van der Waals surface area (Å²) in [7, 11) is 0. The zero-order chi connectivity index (χ0) is 19.5. The SMILES string of the molecule is O=C(Cn1nc2ccc(Sc3ccccc3)nn2c1=O)Nc1ccc(Cl)cc1. The van der Waals surface area contributed by atoms with Crippen LogP contribution in [0.2, 0.25) is 5.02 Å². The van der Waals surface area contributed by atoms with Gasteiger partial charge in [0, 0.05) is 15.6 Å². The van der Waals surface area contributed by atoms with Gasteiger partial charge in [0.2, 0.25) is 5.91 Å². The monoisotopic (exact) mass is 411 g/mol. The molecular weight excluding hydrogens is 398 g/mol. The van der Waals surface area contributed by atoms with Crippen molar-refractivity contribution in [3.8, 4) is 0 Å². The van der Waals surface area contributed by atoms with Crippen LogP contribution in [0.25, 0.3) is 5.65 Å². The predicted octanol–water partition coefficient (Wildman–Crippen LogP) is 3.33. The fourth-order valence-corrected chi connectivity index (χ4v) is 3.45. The van der Waals surface area contributed by atoms with Crippen molar-refractivity contribution in [2.45, 2.75) is 16.5 Å². The smallest absolute Gasteiger partial charge is 0.324 e. The second-order valence-electron chi connectivity index (χ2n) is 5.85. The Bertz CT molecular complexity index is 1190. The lowest BCUT2D eigenvalue weighted by atomic mass is 10.3. The van der Waals surface area contributed by atoms with Crippen LogP contribution in [-0.2, 0) is 11.3 Å². The molecule has 2 heterocycles. The molecule has 0 atom stereocenters. The van der Waals surface area contributed by atoms with E-state index in [4.69, 9.17) is 11.6 Å². The minimum atomic E-state index is -0.475. The largest absolute Gasteiger partial charge is 0.367 e. The van der Waals surface area contributed by atoms with Crippen molar-refractivity contribution in [3.63, 3.8) is 0 Å². The van der Waals surface area contributed by atoms with Crippen molar-refractivity contribution in [2.75, 3.05) is 5.32 Å². The van der Waals surface area contributed by atoms with Crippen LogP contribution in [0, 0.1) is 0 Å². The van der Waals surface area contributed by atoms with E-state index in [9.17, 15) is 9.59 Å². The average molecular weight is 412 g/mol. The fourth-order valence-electron chi connectivity index (χ4n) is 2.53. The molecule has 0 saturated heterocycles. The van der Waals surface area contributed by atoms with Crippen molar-refractivity contribution in [2.24, 2.45) is 0 Å². The predicted molar refractivity (Wildman–Crippen MR) is 108 cm³/mol. The van der Waals surface area contributed by atoms with E-state index in [1.807, 2.05) is 30.3 Å². The third-order valence-corrected chi connectivity index (χ3v) is 4.99. The average Bonchev–Trinajstić information content (AvgIpc) is 3.00. The maximum absolute atomic E-state index is 12.6. The topological polar surface area (TPSA) is 81.3 Å². The Morgan fingerprint density at radius 2 is 1.75 bits per heavy atom. The van der Waals surface area contributed by atoms with E-state index >= 15 is 0 Å². The van der Waals surface area contributed by atoms with Crippen LogP contribution in [0.3, 0.4) is 0 Å². The van der Waals surface area contributed by atoms with E-state index in [0.717, 1.165) is 9.58 Å². The zero-order valence-corrected chi connectivity index (χ0v) is 16.0. The molecule has 0 aliphatic rings. The molecule has 0 unspecified atom stereocenters. The molecule has 4 aromatic rings. The molecule has 0 bridgehead atoms. The molecule has 0 saturated carbocycles. The highest BCUT2D eigenvalue weighted by Crippen LogP contribution is 2.25. The number of aromatic nitrogens is 4. The zero-order valence-electron chi connectivity index (χ0n) is 14.4. The van der Waals surface area contributed by atoms with Crippen LogP contribution >= 0.6 is 23.4 Å². The van der Waals surface area contributed by atoms with Gasteiger partial charge in [0.05, 0.1) is 0 Å². The minimum absolute atomic E-state index is 0.216. The lowest BCUT2D eigenvalue weighted by Gasteiger charge is -2.04. The Morgan fingerprint density at radius 1 is 1.00 bits per heavy atom. The first kappa shape index (κ1) is 18.3. The van der Waals surface area contributed by atoms with Crippen molar-refractivity contribution in [3.05, 3.63) is 82.2 Å². The molecule has 2 aromatic carbocycles. The number of carbonyl (C=O) groups is 1. The third kappa shape index (κ3) is 4.08. The van der Waals surface area contributed by atoms with Crippen molar-refractivity contribution < 1.29 is 4.79 Å². The first-order chi connectivity index (χ1) is 13.6. The van der Waals surface area contributed by atoms with Crippen LogP contribution in [-0.4, -0.2) is 25.3 Å². The summed E-state index contributed by atoms with van der Waals surface area (Å²) in [6.45, 7) is -0.216. The maximum Gasteiger partial charge on any atom is 0.367 e. The number of rotatable bonds is 5. The van der Waals surface area contributed by atoms with Crippen molar-refractivity contribution >= 4 is 40.6 Å². The molecule has 0 aliphatic carbocycles. The third-order valence-electron chi connectivity index (χ3n) is 3.80. The maximum atomic E-state index is 12.6. The van der Waals surface area contributed by atoms with Gasteiger partial charge >= 0.3 is 5.69 Å². The number of nitrogens with one attached hydrogen (secondary N) is 1. The summed E-state index contributed by atoms with van der Waals surface area (Å²) in [5, 5.41) is 12.4. The molecule has 7 nitrogen and oxygen atoms in total. The molecule has 28 heavy (non-hydrogen) atoms. The molecule has 2 aromatic heterocycles. The number of nitrogens with zero attached hydrogens (tertiary/aromatic N) is 4. The summed E-state index contributed by atoms with van der Waals surface area (Å²) in [4.78, 5) is 25.8. The number of hydrogen-bond donors (Lipinski definition) is 1. The van der Waals surface area contributed by atoms with Gasteiger partial charge in [-0.05, 0) is 48.5 Å². The van der Waals surface area contributed by atoms with Gasteiger partial charge in [-0.3, -0.25) is 4.79 Å². The Balaban J connectivity index is 1.53. The van der Waals surface area contributed by atoms with Crippen LogP contribution < -0.4 is 11.0 Å². The van der Waals surface area contributed by atoms with Gasteiger partial charge in [-0.15, -0.1) is 5.10 Å². The standard InChI is InChI=1S/C19H14ClN5O2S/c20-13-6-8-14(9-7-13)21-17(26)12-24-19(27)25-16(22-24)10-11-18(23-25)28-15-4-2-1-3-5-15/h1-11H,12H2,(H,21,26). The van der Waals surface area contributed by atoms with Gasteiger partial charge < -0.3 is 5.32 Å². The summed E-state index contributed by atoms with van der Waals surface area (Å²) in [6.07, 6.45) is 0. The van der Waals surface area contributed by atoms with Gasteiger partial charge in [0.1, 0.15) is 11.6 Å². The van der Waals surface area contributed by atoms with Crippen molar-refractivity contribution in [1.82, 2.24) is 19.4 Å². The highest BCUT2D eigenvalue weighted by atomic mass is 35.5. The van der Waals surface area contributed by atoms with E-state index in [2.05, 4.69) is 15.5 Å². The Morgan fingerprint density at radius 3 is 2.50 bits per heavy atom. The summed E-state index contributed by atoms with van der Waals surface area (Å²) in [5.41, 5.74) is 0.490. The van der Waals surface area contributed by atoms with E-state index in [1.54, 1.807) is 36.4 Å². The number of benzene rings is 2. The molecule has 0 radical (unpaired) electrons. The molecular formula is C19H14ClN5O2S. The summed E-state index contributed by atoms with van der Waals surface area (Å²) < 4.78 is 2.28. The van der Waals surface area contributed by atoms with Gasteiger partial charge in [0.15, 0.2) is 5.65 Å². The second-order valence-corrected chi connectivity index (χ2v) is 7.38. The number of hydrogen-bond acceptors (Lipinski definition) is 5. The van der Waals surface area contributed by atoms with Crippen LogP contribution in [0.5, 0.6) is 0 Å². The molecule has 4 rings (SSSR count). The molecule has 9 heteroatoms. The highest BCUT2D eigenvalue weighted by molar-refractivity contribution is 7.99. The lowest BCUT2D eigenvalue weighted by Crippen LogP contribution is -2.28. The normalized spacial score (nSPS) is 10.9. The minimum Gasteiger partial charge on any atom is -0.324 e. The number of halogens is 1. The van der Waals surface area contributed by atoms with Crippen molar-refractivity contribution in [1.29, 1.82) is 0 Å². The van der Waals surface area contributed by atoms with E-state index in [1.165, 1.54) is 16.3 Å². The number of anilines is 1. The van der Waals surface area contributed by atoms with Gasteiger partial charge in [-0.1, -0.05) is 41.6 Å². The summed E-state index contributed by atoms with van der Waals surface area (Å²) in [6, 6.07) is 19.9. The molecule has 1 amide bonds. The molecule has 0 aliphatic heterocycles. The number of carbonyl (C=O) groups excluding carboxylic acids is 1. The number of fused-ring (bicyclic) bond motifs is 1. The lowest BCUT2D eigenvalue weighted by molar-refractivity contribution is -0.117. The van der Waals surface area contributed by atoms with Crippen LogP contribution in [0.4, 0.5) is 5.69 Å². The Kier molecular flexibility index (Phi) is 5.14. The van der Waals surface area contributed by atoms with Gasteiger partial charge in [-0.2, -0.15) is 9.61 Å². The Labute approximate surface area is 168 Å². The summed E-state index contributed by atoms with van der Waals surface area (Å²) >= 11 is 7.27. The number of amides is 1. The van der Waals surface area contributed by atoms with Crippen LogP contribution in [0.1, 0.15) is 0 Å². The molecule has 140 valence electrons. The van der Waals surface area contributed by atoms with Crippen LogP contribution in [0.15, 0.2) is 81.4 Å². The van der Waals surface area contributed by atoms with Gasteiger partial charge in [-0.25, -0.2) is 9.48 Å². The first-order valence-electron chi connectivity index (χ1n) is 8.34. The van der Waals surface area contributed by atoms with E-state index in [-0.39, 0.29) is 12.5 Å². The second kappa shape index (κ2) is 7.87. The van der Waals surface area contributed by atoms with E-state index < -0.39 is 5.69 Å². The first-order valence-corrected chi connectivity index (χ1v) is 9.53. The van der Waals surface area contributed by atoms with E-state index in [0.29, 0.717) is 21.4 Å².